The van der Waals surface area contributed by atoms with Crippen molar-refractivity contribution in [1.29, 1.82) is 10.5 Å². The largest absolute Gasteiger partial charge is 0.386 e. The second-order valence-corrected chi connectivity index (χ2v) is 6.87. The molecule has 122 valence electrons. The van der Waals surface area contributed by atoms with Gasteiger partial charge in [0.15, 0.2) is 5.41 Å². The van der Waals surface area contributed by atoms with Crippen molar-refractivity contribution in [3.63, 3.8) is 0 Å². The summed E-state index contributed by atoms with van der Waals surface area (Å²) < 4.78 is 11.4. The average Bonchev–Trinajstić information content (AvgIpc) is 2.84. The van der Waals surface area contributed by atoms with E-state index in [1.165, 1.54) is 5.56 Å². The van der Waals surface area contributed by atoms with Crippen LogP contribution in [0.2, 0.25) is 0 Å². The molecule has 0 radical (unpaired) electrons. The molecule has 6 nitrogen and oxygen atoms in total. The first-order chi connectivity index (χ1) is 11.5. The number of nitrogens with two attached hydrogens (primary N) is 1. The molecule has 2 fully saturated rings. The van der Waals surface area contributed by atoms with Crippen LogP contribution in [0.25, 0.3) is 0 Å². The number of ether oxygens (including phenoxy) is 2. The van der Waals surface area contributed by atoms with E-state index in [0.717, 1.165) is 5.56 Å². The van der Waals surface area contributed by atoms with Crippen molar-refractivity contribution < 1.29 is 9.47 Å². The highest BCUT2D eigenvalue weighted by atomic mass is 16.8. The second kappa shape index (κ2) is 4.57. The lowest BCUT2D eigenvalue weighted by molar-refractivity contribution is -0.184. The van der Waals surface area contributed by atoms with E-state index in [0.29, 0.717) is 19.1 Å². The molecule has 3 unspecified atom stereocenters. The highest BCUT2D eigenvalue weighted by Crippen LogP contribution is 2.82. The molecule has 0 aromatic heterocycles. The number of aliphatic imine (C=N–C) groups is 1. The molecule has 1 aliphatic carbocycles. The fraction of sp³-hybridized carbons (Fsp3) is 0.500. The maximum atomic E-state index is 9.99. The smallest absolute Gasteiger partial charge is 0.293 e. The molecule has 1 aromatic carbocycles. The highest BCUT2D eigenvalue weighted by Gasteiger charge is 2.94. The van der Waals surface area contributed by atoms with Crippen LogP contribution in [0.3, 0.4) is 0 Å². The van der Waals surface area contributed by atoms with Gasteiger partial charge in [-0.15, -0.1) is 0 Å². The van der Waals surface area contributed by atoms with Crippen molar-refractivity contribution in [1.82, 2.24) is 0 Å². The maximum Gasteiger partial charge on any atom is 0.293 e. The molecule has 6 heteroatoms. The van der Waals surface area contributed by atoms with Crippen LogP contribution in [0.5, 0.6) is 0 Å². The van der Waals surface area contributed by atoms with Gasteiger partial charge in [0.05, 0.1) is 25.4 Å². The van der Waals surface area contributed by atoms with Gasteiger partial charge in [-0.05, 0) is 17.0 Å². The zero-order valence-electron chi connectivity index (χ0n) is 13.6. The summed E-state index contributed by atoms with van der Waals surface area (Å²) in [5, 5.41) is 19.9. The van der Waals surface area contributed by atoms with Crippen LogP contribution in [-0.2, 0) is 9.47 Å². The van der Waals surface area contributed by atoms with E-state index in [-0.39, 0.29) is 5.84 Å². The Labute approximate surface area is 140 Å². The number of rotatable bonds is 2. The third-order valence-electron chi connectivity index (χ3n) is 5.54. The summed E-state index contributed by atoms with van der Waals surface area (Å²) in [5.41, 5.74) is 5.77. The van der Waals surface area contributed by atoms with Gasteiger partial charge in [0, 0.05) is 5.92 Å². The first-order valence-electron chi connectivity index (χ1n) is 8.05. The van der Waals surface area contributed by atoms with Crippen LogP contribution in [0.1, 0.15) is 36.8 Å². The predicted octanol–water partition coefficient (Wildman–Crippen LogP) is 2.00. The van der Waals surface area contributed by atoms with Gasteiger partial charge in [-0.1, -0.05) is 38.1 Å². The van der Waals surface area contributed by atoms with Crippen molar-refractivity contribution in [2.24, 2.45) is 21.6 Å². The summed E-state index contributed by atoms with van der Waals surface area (Å²) in [7, 11) is 0. The standard InChI is InChI=1S/C18H18N4O2/c1-11(2)12-3-5-13(6-4-12)14-16(9-19)15(21)22-18(17(14,16)10-20)23-7-8-24-18/h3-6,11,14H,7-8H2,1-2H3,(H2,21,22). The van der Waals surface area contributed by atoms with E-state index < -0.39 is 22.7 Å². The van der Waals surface area contributed by atoms with Gasteiger partial charge in [0.1, 0.15) is 11.3 Å². The zero-order valence-corrected chi connectivity index (χ0v) is 13.6. The molecular weight excluding hydrogens is 304 g/mol. The van der Waals surface area contributed by atoms with Gasteiger partial charge >= 0.3 is 0 Å². The van der Waals surface area contributed by atoms with Crippen LogP contribution < -0.4 is 5.73 Å². The number of hydrogen-bond acceptors (Lipinski definition) is 6. The quantitative estimate of drug-likeness (QED) is 0.896. The Hall–Kier alpha value is -2.41. The number of hydrogen-bond donors (Lipinski definition) is 1. The Morgan fingerprint density at radius 1 is 1.17 bits per heavy atom. The van der Waals surface area contributed by atoms with Crippen molar-refractivity contribution in [2.75, 3.05) is 13.2 Å². The number of fused-ring (bicyclic) bond motifs is 2. The summed E-state index contributed by atoms with van der Waals surface area (Å²) in [6.45, 7) is 4.91. The van der Waals surface area contributed by atoms with Crippen LogP contribution in [0, 0.1) is 33.5 Å². The molecule has 24 heavy (non-hydrogen) atoms. The lowest BCUT2D eigenvalue weighted by atomic mass is 9.93. The van der Waals surface area contributed by atoms with Gasteiger partial charge in [0.25, 0.3) is 5.91 Å². The highest BCUT2D eigenvalue weighted by molar-refractivity contribution is 6.00. The van der Waals surface area contributed by atoms with Gasteiger partial charge in [-0.2, -0.15) is 10.5 Å². The molecule has 4 rings (SSSR count). The molecule has 0 amide bonds. The molecular formula is C18H18N4O2. The molecule has 3 atom stereocenters. The monoisotopic (exact) mass is 322 g/mol. The summed E-state index contributed by atoms with van der Waals surface area (Å²) in [5.74, 6) is -1.32. The van der Waals surface area contributed by atoms with Crippen molar-refractivity contribution in [3.05, 3.63) is 35.4 Å². The molecule has 1 spiro atoms. The number of amidine groups is 1. The molecule has 1 saturated carbocycles. The van der Waals surface area contributed by atoms with Crippen LogP contribution in [0.4, 0.5) is 0 Å². The maximum absolute atomic E-state index is 9.99. The van der Waals surface area contributed by atoms with E-state index in [1.54, 1.807) is 0 Å². The Bertz CT molecular complexity index is 811. The minimum atomic E-state index is -1.46. The van der Waals surface area contributed by atoms with E-state index >= 15 is 0 Å². The SMILES string of the molecule is CC(C)c1ccc(C2C3(C#N)C(N)=NC4(OCCO4)C23C#N)cc1. The van der Waals surface area contributed by atoms with Crippen LogP contribution in [-0.4, -0.2) is 25.0 Å². The normalized spacial score (nSPS) is 35.4. The Balaban J connectivity index is 1.85. The fourth-order valence-corrected chi connectivity index (χ4v) is 4.29. The number of nitrogens with zero attached hydrogens (tertiary/aromatic N) is 3. The fourth-order valence-electron chi connectivity index (χ4n) is 4.29. The summed E-state index contributed by atoms with van der Waals surface area (Å²) in [4.78, 5) is 4.26. The third-order valence-corrected chi connectivity index (χ3v) is 5.54. The van der Waals surface area contributed by atoms with Crippen LogP contribution >= 0.6 is 0 Å². The molecule has 2 aliphatic heterocycles. The molecule has 0 bridgehead atoms. The number of benzene rings is 1. The second-order valence-electron chi connectivity index (χ2n) is 6.87. The van der Waals surface area contributed by atoms with E-state index in [4.69, 9.17) is 15.2 Å². The molecule has 1 saturated heterocycles. The molecule has 2 heterocycles. The van der Waals surface area contributed by atoms with E-state index in [1.807, 2.05) is 24.3 Å². The average molecular weight is 322 g/mol. The first kappa shape index (κ1) is 15.1. The first-order valence-corrected chi connectivity index (χ1v) is 8.05. The van der Waals surface area contributed by atoms with Crippen molar-refractivity contribution in [3.8, 4) is 12.1 Å². The van der Waals surface area contributed by atoms with Crippen molar-refractivity contribution >= 4 is 5.84 Å². The minimum absolute atomic E-state index is 0.131. The lowest BCUT2D eigenvalue weighted by Gasteiger charge is -2.25. The predicted molar refractivity (Wildman–Crippen MR) is 85.6 cm³/mol. The Kier molecular flexibility index (Phi) is 2.88. The third kappa shape index (κ3) is 1.40. The van der Waals surface area contributed by atoms with Gasteiger partial charge in [-0.25, -0.2) is 4.99 Å². The van der Waals surface area contributed by atoms with E-state index in [2.05, 4.69) is 31.0 Å². The van der Waals surface area contributed by atoms with Gasteiger partial charge in [0.2, 0.25) is 0 Å². The number of nitriles is 2. The lowest BCUT2D eigenvalue weighted by Crippen LogP contribution is -2.38. The molecule has 3 aliphatic rings. The Morgan fingerprint density at radius 2 is 1.79 bits per heavy atom. The Morgan fingerprint density at radius 3 is 2.29 bits per heavy atom. The summed E-state index contributed by atoms with van der Waals surface area (Å²) in [6, 6.07) is 12.5. The zero-order chi connectivity index (χ0) is 17.2. The summed E-state index contributed by atoms with van der Waals surface area (Å²) >= 11 is 0. The van der Waals surface area contributed by atoms with Crippen LogP contribution in [0.15, 0.2) is 29.3 Å². The molecule has 1 aromatic rings. The van der Waals surface area contributed by atoms with Gasteiger partial charge < -0.3 is 15.2 Å². The van der Waals surface area contributed by atoms with Crippen molar-refractivity contribution in [2.45, 2.75) is 31.6 Å². The van der Waals surface area contributed by atoms with Gasteiger partial charge in [-0.3, -0.25) is 0 Å². The topological polar surface area (TPSA) is 104 Å². The summed E-state index contributed by atoms with van der Waals surface area (Å²) in [6.07, 6.45) is 0. The molecule has 2 N–H and O–H groups in total. The minimum Gasteiger partial charge on any atom is -0.386 e. The van der Waals surface area contributed by atoms with E-state index in [9.17, 15) is 10.5 Å².